The van der Waals surface area contributed by atoms with E-state index in [0.29, 0.717) is 23.7 Å². The van der Waals surface area contributed by atoms with Crippen LogP contribution < -0.4 is 9.62 Å². The highest BCUT2D eigenvalue weighted by Crippen LogP contribution is 2.25. The molecule has 0 bridgehead atoms. The SMILES string of the molecule is CCC(C(=O)NCc1ccccc1CN1CCCCC1)N(c1cccc(Cl)c1)S(C)(=O)=O. The summed E-state index contributed by atoms with van der Waals surface area (Å²) in [6.45, 7) is 5.22. The van der Waals surface area contributed by atoms with Gasteiger partial charge in [-0.05, 0) is 61.7 Å². The van der Waals surface area contributed by atoms with Crippen molar-refractivity contribution in [3.63, 3.8) is 0 Å². The zero-order chi connectivity index (χ0) is 23.1. The van der Waals surface area contributed by atoms with Crippen LogP contribution in [0.4, 0.5) is 5.69 Å². The van der Waals surface area contributed by atoms with E-state index in [-0.39, 0.29) is 5.91 Å². The minimum atomic E-state index is -3.69. The molecule has 1 atom stereocenters. The number of halogens is 1. The summed E-state index contributed by atoms with van der Waals surface area (Å²) in [6.07, 6.45) is 5.18. The summed E-state index contributed by atoms with van der Waals surface area (Å²) in [5.41, 5.74) is 2.62. The van der Waals surface area contributed by atoms with E-state index in [9.17, 15) is 13.2 Å². The highest BCUT2D eigenvalue weighted by atomic mass is 35.5. The van der Waals surface area contributed by atoms with E-state index < -0.39 is 16.1 Å². The van der Waals surface area contributed by atoms with Crippen LogP contribution in [-0.2, 0) is 27.9 Å². The predicted octanol–water partition coefficient (Wildman–Crippen LogP) is 4.19. The number of hydrogen-bond acceptors (Lipinski definition) is 4. The molecule has 0 spiro atoms. The van der Waals surface area contributed by atoms with Gasteiger partial charge >= 0.3 is 0 Å². The van der Waals surface area contributed by atoms with Crippen molar-refractivity contribution in [1.29, 1.82) is 0 Å². The zero-order valence-electron chi connectivity index (χ0n) is 18.8. The standard InChI is InChI=1S/C24H32ClN3O3S/c1-3-23(28(32(2,30)31)22-13-9-12-21(25)16-22)24(29)26-17-19-10-5-6-11-20(19)18-27-14-7-4-8-15-27/h5-6,9-13,16,23H,3-4,7-8,14-15,17-18H2,1-2H3,(H,26,29). The first kappa shape index (κ1) is 24.6. The lowest BCUT2D eigenvalue weighted by molar-refractivity contribution is -0.122. The van der Waals surface area contributed by atoms with Crippen LogP contribution in [0.2, 0.25) is 5.02 Å². The lowest BCUT2D eigenvalue weighted by Crippen LogP contribution is -2.49. The normalized spacial score (nSPS) is 15.8. The summed E-state index contributed by atoms with van der Waals surface area (Å²) in [5, 5.41) is 3.38. The van der Waals surface area contributed by atoms with Crippen LogP contribution in [-0.4, -0.2) is 44.6 Å². The Morgan fingerprint density at radius 3 is 2.41 bits per heavy atom. The van der Waals surface area contributed by atoms with Crippen LogP contribution in [0.15, 0.2) is 48.5 Å². The molecule has 3 rings (SSSR count). The summed E-state index contributed by atoms with van der Waals surface area (Å²) < 4.78 is 26.4. The number of sulfonamides is 1. The molecule has 1 amide bonds. The number of amides is 1. The largest absolute Gasteiger partial charge is 0.350 e. The lowest BCUT2D eigenvalue weighted by Gasteiger charge is -2.30. The fraction of sp³-hybridized carbons (Fsp3) is 0.458. The van der Waals surface area contributed by atoms with E-state index in [1.807, 2.05) is 18.2 Å². The molecule has 2 aromatic rings. The number of benzene rings is 2. The van der Waals surface area contributed by atoms with Crippen molar-refractivity contribution in [3.8, 4) is 0 Å². The van der Waals surface area contributed by atoms with Gasteiger partial charge in [-0.1, -0.05) is 55.3 Å². The second-order valence-corrected chi connectivity index (χ2v) is 10.6. The Morgan fingerprint density at radius 1 is 1.09 bits per heavy atom. The Bertz CT molecular complexity index is 1020. The van der Waals surface area contributed by atoms with Gasteiger partial charge in [0.15, 0.2) is 0 Å². The lowest BCUT2D eigenvalue weighted by atomic mass is 10.0. The molecular weight excluding hydrogens is 446 g/mol. The quantitative estimate of drug-likeness (QED) is 0.588. The number of piperidine rings is 1. The number of carbonyl (C=O) groups is 1. The van der Waals surface area contributed by atoms with Crippen LogP contribution >= 0.6 is 11.6 Å². The molecule has 1 unspecified atom stereocenters. The first-order valence-corrected chi connectivity index (χ1v) is 13.3. The third kappa shape index (κ3) is 6.47. The number of nitrogens with one attached hydrogen (secondary N) is 1. The van der Waals surface area contributed by atoms with Crippen LogP contribution in [0, 0.1) is 0 Å². The first-order chi connectivity index (χ1) is 15.3. The Balaban J connectivity index is 1.75. The van der Waals surface area contributed by atoms with Crippen molar-refractivity contribution in [2.45, 2.75) is 51.7 Å². The van der Waals surface area contributed by atoms with Crippen LogP contribution in [0.25, 0.3) is 0 Å². The molecule has 32 heavy (non-hydrogen) atoms. The number of carbonyl (C=O) groups excluding carboxylic acids is 1. The Hall–Kier alpha value is -2.09. The van der Waals surface area contributed by atoms with Gasteiger partial charge in [-0.25, -0.2) is 8.42 Å². The number of nitrogens with zero attached hydrogens (tertiary/aromatic N) is 2. The van der Waals surface area contributed by atoms with Gasteiger partial charge in [-0.3, -0.25) is 14.0 Å². The van der Waals surface area contributed by atoms with Gasteiger partial charge in [0.05, 0.1) is 11.9 Å². The summed E-state index contributed by atoms with van der Waals surface area (Å²) in [7, 11) is -3.69. The van der Waals surface area contributed by atoms with Gasteiger partial charge in [-0.2, -0.15) is 0 Å². The van der Waals surface area contributed by atoms with E-state index in [4.69, 9.17) is 11.6 Å². The minimum absolute atomic E-state index is 0.328. The van der Waals surface area contributed by atoms with E-state index in [0.717, 1.165) is 35.8 Å². The molecule has 1 aliphatic rings. The molecule has 1 aliphatic heterocycles. The van der Waals surface area contributed by atoms with E-state index >= 15 is 0 Å². The van der Waals surface area contributed by atoms with Gasteiger partial charge in [0.2, 0.25) is 15.9 Å². The monoisotopic (exact) mass is 477 g/mol. The Labute approximate surface area is 196 Å². The molecule has 1 fully saturated rings. The molecule has 174 valence electrons. The molecule has 6 nitrogen and oxygen atoms in total. The molecule has 0 aliphatic carbocycles. The number of anilines is 1. The van der Waals surface area contributed by atoms with Gasteiger partial charge in [0.1, 0.15) is 6.04 Å². The highest BCUT2D eigenvalue weighted by Gasteiger charge is 2.31. The summed E-state index contributed by atoms with van der Waals surface area (Å²) in [4.78, 5) is 15.6. The third-order valence-electron chi connectivity index (χ3n) is 5.81. The van der Waals surface area contributed by atoms with Gasteiger partial charge < -0.3 is 5.32 Å². The van der Waals surface area contributed by atoms with Crippen LogP contribution in [0.1, 0.15) is 43.7 Å². The number of hydrogen-bond donors (Lipinski definition) is 1. The second kappa shape index (κ2) is 11.2. The average Bonchev–Trinajstić information content (AvgIpc) is 2.76. The Morgan fingerprint density at radius 2 is 1.78 bits per heavy atom. The summed E-state index contributed by atoms with van der Waals surface area (Å²) in [6, 6.07) is 13.8. The first-order valence-electron chi connectivity index (χ1n) is 11.1. The molecule has 0 radical (unpaired) electrons. The maximum Gasteiger partial charge on any atom is 0.244 e. The van der Waals surface area contributed by atoms with Crippen LogP contribution in [0.5, 0.6) is 0 Å². The molecule has 1 N–H and O–H groups in total. The third-order valence-corrected chi connectivity index (χ3v) is 7.22. The Kier molecular flexibility index (Phi) is 8.57. The molecule has 1 heterocycles. The maximum atomic E-state index is 13.1. The van der Waals surface area contributed by atoms with Crippen molar-refractivity contribution in [1.82, 2.24) is 10.2 Å². The van der Waals surface area contributed by atoms with Crippen molar-refractivity contribution in [2.75, 3.05) is 23.7 Å². The van der Waals surface area contributed by atoms with Gasteiger partial charge in [0, 0.05) is 18.1 Å². The fourth-order valence-corrected chi connectivity index (χ4v) is 5.60. The van der Waals surface area contributed by atoms with Crippen molar-refractivity contribution in [3.05, 3.63) is 64.7 Å². The van der Waals surface area contributed by atoms with E-state index in [1.165, 1.54) is 24.8 Å². The maximum absolute atomic E-state index is 13.1. The zero-order valence-corrected chi connectivity index (χ0v) is 20.3. The molecule has 0 saturated carbocycles. The molecule has 0 aromatic heterocycles. The van der Waals surface area contributed by atoms with Crippen molar-refractivity contribution < 1.29 is 13.2 Å². The molecule has 8 heteroatoms. The summed E-state index contributed by atoms with van der Waals surface area (Å²) in [5.74, 6) is -0.328. The minimum Gasteiger partial charge on any atom is -0.350 e. The predicted molar refractivity (Wildman–Crippen MR) is 130 cm³/mol. The second-order valence-electron chi connectivity index (χ2n) is 8.29. The van der Waals surface area contributed by atoms with Gasteiger partial charge in [-0.15, -0.1) is 0 Å². The molecule has 1 saturated heterocycles. The topological polar surface area (TPSA) is 69.7 Å². The highest BCUT2D eigenvalue weighted by molar-refractivity contribution is 7.92. The van der Waals surface area contributed by atoms with Crippen LogP contribution in [0.3, 0.4) is 0 Å². The smallest absolute Gasteiger partial charge is 0.244 e. The van der Waals surface area contributed by atoms with Crippen molar-refractivity contribution in [2.24, 2.45) is 0 Å². The van der Waals surface area contributed by atoms with E-state index in [1.54, 1.807) is 31.2 Å². The fourth-order valence-electron chi connectivity index (χ4n) is 4.22. The average molecular weight is 478 g/mol. The molecular formula is C24H32ClN3O3S. The number of likely N-dealkylation sites (tertiary alicyclic amines) is 1. The van der Waals surface area contributed by atoms with E-state index in [2.05, 4.69) is 16.3 Å². The summed E-state index contributed by atoms with van der Waals surface area (Å²) >= 11 is 6.08. The van der Waals surface area contributed by atoms with Gasteiger partial charge in [0.25, 0.3) is 0 Å². The van der Waals surface area contributed by atoms with Crippen molar-refractivity contribution >= 4 is 33.2 Å². The number of rotatable bonds is 9. The molecule has 2 aromatic carbocycles.